The second-order valence-electron chi connectivity index (χ2n) is 7.08. The highest BCUT2D eigenvalue weighted by molar-refractivity contribution is 6.34. The van der Waals surface area contributed by atoms with E-state index in [-0.39, 0.29) is 29.3 Å². The highest BCUT2D eigenvalue weighted by Crippen LogP contribution is 2.31. The molecule has 0 fully saturated rings. The van der Waals surface area contributed by atoms with Gasteiger partial charge in [0.1, 0.15) is 11.3 Å². The van der Waals surface area contributed by atoms with Crippen molar-refractivity contribution in [3.05, 3.63) is 63.3 Å². The van der Waals surface area contributed by atoms with Gasteiger partial charge in [0.2, 0.25) is 5.88 Å². The van der Waals surface area contributed by atoms with E-state index in [1.54, 1.807) is 50.4 Å². The van der Waals surface area contributed by atoms with Crippen LogP contribution in [0.3, 0.4) is 0 Å². The Labute approximate surface area is 183 Å². The smallest absolute Gasteiger partial charge is 0.335 e. The molecule has 1 aromatic heterocycles. The van der Waals surface area contributed by atoms with Crippen LogP contribution in [0.15, 0.2) is 42.0 Å². The Morgan fingerprint density at radius 1 is 1.30 bits per heavy atom. The van der Waals surface area contributed by atoms with E-state index in [0.717, 1.165) is 0 Å². The average molecular weight is 450 g/mol. The molecular weight excluding hydrogens is 429 g/mol. The lowest BCUT2D eigenvalue weighted by Gasteiger charge is -2.23. The Balaban J connectivity index is 1.78. The molecule has 1 aromatic carbocycles. The van der Waals surface area contributed by atoms with E-state index in [2.05, 4.69) is 10.4 Å². The van der Waals surface area contributed by atoms with Gasteiger partial charge in [-0.05, 0) is 38.5 Å². The first-order chi connectivity index (χ1) is 14.2. The SMILES string of the molecule is Cc1nn(C)c(Oc2cc(Cl)cc(Cl)c2)c1C(=O)N[C@@H](C)C1C=CC(C(=O)O)=CC1. The van der Waals surface area contributed by atoms with Gasteiger partial charge in [-0.2, -0.15) is 5.10 Å². The maximum absolute atomic E-state index is 13.0. The zero-order valence-corrected chi connectivity index (χ0v) is 18.2. The van der Waals surface area contributed by atoms with Crippen LogP contribution in [-0.4, -0.2) is 32.8 Å². The molecule has 1 aliphatic carbocycles. The summed E-state index contributed by atoms with van der Waals surface area (Å²) in [4.78, 5) is 24.1. The number of rotatable bonds is 6. The maximum Gasteiger partial charge on any atom is 0.335 e. The lowest BCUT2D eigenvalue weighted by Crippen LogP contribution is -2.38. The van der Waals surface area contributed by atoms with Crippen LogP contribution in [0.1, 0.15) is 29.4 Å². The number of amides is 1. The number of hydrogen-bond acceptors (Lipinski definition) is 4. The standard InChI is InChI=1S/C21H21Cl2N3O4/c1-11(13-4-6-14(7-5-13)21(28)29)24-19(27)18-12(2)25-26(3)20(18)30-17-9-15(22)8-16(23)10-17/h4,6-11,13H,5H2,1-3H3,(H,24,27)(H,28,29)/t11-,13?/m0/s1. The maximum atomic E-state index is 13.0. The van der Waals surface area contributed by atoms with Crippen LogP contribution in [0.5, 0.6) is 11.6 Å². The van der Waals surface area contributed by atoms with Crippen LogP contribution in [0.4, 0.5) is 0 Å². The molecule has 1 aliphatic rings. The number of nitrogens with one attached hydrogen (secondary N) is 1. The first-order valence-electron chi connectivity index (χ1n) is 9.25. The number of carbonyl (C=O) groups is 2. The predicted molar refractivity (Wildman–Crippen MR) is 114 cm³/mol. The fourth-order valence-electron chi connectivity index (χ4n) is 3.27. The summed E-state index contributed by atoms with van der Waals surface area (Å²) in [6, 6.07) is 4.55. The monoisotopic (exact) mass is 449 g/mol. The lowest BCUT2D eigenvalue weighted by molar-refractivity contribution is -0.132. The average Bonchev–Trinajstić information content (AvgIpc) is 2.94. The van der Waals surface area contributed by atoms with Gasteiger partial charge in [0.05, 0.1) is 11.3 Å². The largest absolute Gasteiger partial charge is 0.478 e. The summed E-state index contributed by atoms with van der Waals surface area (Å²) in [5.41, 5.74) is 1.07. The number of ether oxygens (including phenoxy) is 1. The molecule has 7 nitrogen and oxygen atoms in total. The van der Waals surface area contributed by atoms with Gasteiger partial charge in [0.25, 0.3) is 5.91 Å². The molecule has 1 amide bonds. The molecule has 2 aromatic rings. The molecule has 2 atom stereocenters. The molecule has 0 spiro atoms. The van der Waals surface area contributed by atoms with Gasteiger partial charge < -0.3 is 15.2 Å². The van der Waals surface area contributed by atoms with E-state index >= 15 is 0 Å². The van der Waals surface area contributed by atoms with Gasteiger partial charge in [0.15, 0.2) is 0 Å². The molecule has 1 heterocycles. The first kappa shape index (κ1) is 21.9. The van der Waals surface area contributed by atoms with E-state index in [0.29, 0.717) is 33.5 Å². The summed E-state index contributed by atoms with van der Waals surface area (Å²) in [7, 11) is 1.68. The van der Waals surface area contributed by atoms with Crippen molar-refractivity contribution in [2.75, 3.05) is 0 Å². The molecule has 158 valence electrons. The molecular formula is C21H21Cl2N3O4. The number of carbonyl (C=O) groups excluding carboxylic acids is 1. The molecule has 30 heavy (non-hydrogen) atoms. The van der Waals surface area contributed by atoms with Crippen molar-refractivity contribution in [1.29, 1.82) is 0 Å². The first-order valence-corrected chi connectivity index (χ1v) is 10.0. The number of halogens is 2. The van der Waals surface area contributed by atoms with Gasteiger partial charge in [0, 0.05) is 29.1 Å². The third-order valence-corrected chi connectivity index (χ3v) is 5.26. The van der Waals surface area contributed by atoms with Crippen molar-refractivity contribution >= 4 is 35.1 Å². The van der Waals surface area contributed by atoms with Gasteiger partial charge in [-0.25, -0.2) is 9.48 Å². The Morgan fingerprint density at radius 2 is 1.97 bits per heavy atom. The number of allylic oxidation sites excluding steroid dienone is 1. The Bertz CT molecular complexity index is 1040. The number of aryl methyl sites for hydroxylation is 2. The minimum absolute atomic E-state index is 0.0230. The summed E-state index contributed by atoms with van der Waals surface area (Å²) < 4.78 is 7.37. The summed E-state index contributed by atoms with van der Waals surface area (Å²) in [5.74, 6) is -0.667. The van der Waals surface area contributed by atoms with Crippen LogP contribution in [0, 0.1) is 12.8 Å². The van der Waals surface area contributed by atoms with Crippen molar-refractivity contribution in [1.82, 2.24) is 15.1 Å². The van der Waals surface area contributed by atoms with Gasteiger partial charge in [-0.1, -0.05) is 41.4 Å². The summed E-state index contributed by atoms with van der Waals surface area (Å²) in [6.07, 6.45) is 5.54. The minimum atomic E-state index is -0.963. The van der Waals surface area contributed by atoms with Gasteiger partial charge in [-0.3, -0.25) is 4.79 Å². The van der Waals surface area contributed by atoms with Crippen molar-refractivity contribution in [3.8, 4) is 11.6 Å². The Hall–Kier alpha value is -2.77. The Kier molecular flexibility index (Phi) is 6.53. The van der Waals surface area contributed by atoms with Crippen molar-refractivity contribution in [2.24, 2.45) is 13.0 Å². The number of benzene rings is 1. The molecule has 9 heteroatoms. The van der Waals surface area contributed by atoms with E-state index in [1.807, 2.05) is 6.92 Å². The van der Waals surface area contributed by atoms with Crippen LogP contribution >= 0.6 is 23.2 Å². The summed E-state index contributed by atoms with van der Waals surface area (Å²) in [6.45, 7) is 3.59. The van der Waals surface area contributed by atoms with E-state index in [4.69, 9.17) is 33.0 Å². The quantitative estimate of drug-likeness (QED) is 0.675. The molecule has 0 bridgehead atoms. The number of aromatic nitrogens is 2. The molecule has 3 rings (SSSR count). The highest BCUT2D eigenvalue weighted by atomic mass is 35.5. The van der Waals surface area contributed by atoms with E-state index in [1.165, 1.54) is 4.68 Å². The molecule has 2 N–H and O–H groups in total. The molecule has 1 unspecified atom stereocenters. The number of aliphatic carboxylic acids is 1. The lowest BCUT2D eigenvalue weighted by atomic mass is 9.91. The van der Waals surface area contributed by atoms with Crippen LogP contribution in [-0.2, 0) is 11.8 Å². The number of carboxylic acids is 1. The Morgan fingerprint density at radius 3 is 2.53 bits per heavy atom. The third-order valence-electron chi connectivity index (χ3n) is 4.83. The second-order valence-corrected chi connectivity index (χ2v) is 7.95. The number of nitrogens with zero attached hydrogens (tertiary/aromatic N) is 2. The molecule has 0 aliphatic heterocycles. The van der Waals surface area contributed by atoms with Crippen molar-refractivity contribution in [2.45, 2.75) is 26.3 Å². The second kappa shape index (κ2) is 8.93. The van der Waals surface area contributed by atoms with Gasteiger partial charge in [-0.15, -0.1) is 0 Å². The topological polar surface area (TPSA) is 93.5 Å². The fourth-order valence-corrected chi connectivity index (χ4v) is 3.77. The van der Waals surface area contributed by atoms with Crippen molar-refractivity contribution < 1.29 is 19.4 Å². The van der Waals surface area contributed by atoms with E-state index in [9.17, 15) is 9.59 Å². The van der Waals surface area contributed by atoms with Crippen LogP contribution in [0.2, 0.25) is 10.0 Å². The number of carboxylic acid groups (broad SMARTS) is 1. The van der Waals surface area contributed by atoms with Crippen LogP contribution < -0.4 is 10.1 Å². The molecule has 0 radical (unpaired) electrons. The minimum Gasteiger partial charge on any atom is -0.478 e. The zero-order valence-electron chi connectivity index (χ0n) is 16.6. The number of hydrogen-bond donors (Lipinski definition) is 2. The van der Waals surface area contributed by atoms with Crippen molar-refractivity contribution in [3.63, 3.8) is 0 Å². The normalized spacial score (nSPS) is 16.7. The predicted octanol–water partition coefficient (Wildman–Crippen LogP) is 4.53. The van der Waals surface area contributed by atoms with Gasteiger partial charge >= 0.3 is 5.97 Å². The summed E-state index contributed by atoms with van der Waals surface area (Å²) >= 11 is 12.1. The zero-order chi connectivity index (χ0) is 22.0. The summed E-state index contributed by atoms with van der Waals surface area (Å²) in [5, 5.41) is 17.1. The third kappa shape index (κ3) is 4.86. The van der Waals surface area contributed by atoms with Crippen LogP contribution in [0.25, 0.3) is 0 Å². The molecule has 0 saturated carbocycles. The molecule has 0 saturated heterocycles. The van der Waals surface area contributed by atoms with E-state index < -0.39 is 5.97 Å². The fraction of sp³-hybridized carbons (Fsp3) is 0.286. The highest BCUT2D eigenvalue weighted by Gasteiger charge is 2.26.